The number of nitrogens with one attached hydrogen (secondary N) is 2. The minimum Gasteiger partial charge on any atom is -0.481 e. The van der Waals surface area contributed by atoms with E-state index in [-0.39, 0.29) is 12.1 Å². The van der Waals surface area contributed by atoms with Crippen LogP contribution in [0.4, 0.5) is 5.82 Å². The lowest BCUT2D eigenvalue weighted by Gasteiger charge is -2.20. The summed E-state index contributed by atoms with van der Waals surface area (Å²) in [6, 6.07) is 9.05. The molecule has 1 aromatic heterocycles. The molecule has 0 radical (unpaired) electrons. The zero-order valence-electron chi connectivity index (χ0n) is 10.9. The second kappa shape index (κ2) is 4.76. The summed E-state index contributed by atoms with van der Waals surface area (Å²) in [4.78, 5) is 25.6. The molecular weight excluding hydrogens is 244 g/mol. The van der Waals surface area contributed by atoms with Crippen LogP contribution < -0.4 is 10.9 Å². The fraction of sp³-hybridized carbons (Fsp3) is 0.286. The van der Waals surface area contributed by atoms with Crippen LogP contribution in [0.3, 0.4) is 0 Å². The SMILES string of the molecule is CC(C)(CNc1cc2ccccc2c(=O)[nH]1)C(=O)O. The normalized spacial score (nSPS) is 11.5. The summed E-state index contributed by atoms with van der Waals surface area (Å²) in [5, 5.41) is 13.4. The Hall–Kier alpha value is -2.30. The molecule has 100 valence electrons. The van der Waals surface area contributed by atoms with Gasteiger partial charge in [0, 0.05) is 11.9 Å². The standard InChI is InChI=1S/C14H16N2O3/c1-14(2,13(18)19)8-15-11-7-9-5-3-4-6-10(9)12(17)16-11/h3-7H,8H2,1-2H3,(H,18,19)(H2,15,16,17). The molecule has 0 saturated carbocycles. The van der Waals surface area contributed by atoms with E-state index in [0.29, 0.717) is 11.2 Å². The molecule has 3 N–H and O–H groups in total. The minimum atomic E-state index is -0.900. The largest absolute Gasteiger partial charge is 0.481 e. The maximum atomic E-state index is 11.8. The smallest absolute Gasteiger partial charge is 0.310 e. The Balaban J connectivity index is 2.27. The van der Waals surface area contributed by atoms with Gasteiger partial charge in [-0.05, 0) is 31.4 Å². The molecule has 0 saturated heterocycles. The molecule has 0 atom stereocenters. The van der Waals surface area contributed by atoms with Crippen molar-refractivity contribution in [2.75, 3.05) is 11.9 Å². The highest BCUT2D eigenvalue weighted by Crippen LogP contribution is 2.17. The van der Waals surface area contributed by atoms with E-state index in [2.05, 4.69) is 10.3 Å². The number of H-pyrrole nitrogens is 1. The third kappa shape index (κ3) is 2.76. The van der Waals surface area contributed by atoms with E-state index in [9.17, 15) is 9.59 Å². The van der Waals surface area contributed by atoms with E-state index in [1.165, 1.54) is 0 Å². The van der Waals surface area contributed by atoms with Crippen LogP contribution in [-0.4, -0.2) is 22.6 Å². The summed E-state index contributed by atoms with van der Waals surface area (Å²) in [7, 11) is 0. The molecule has 0 spiro atoms. The Morgan fingerprint density at radius 3 is 2.74 bits per heavy atom. The van der Waals surface area contributed by atoms with Crippen LogP contribution in [0.15, 0.2) is 35.1 Å². The predicted octanol–water partition coefficient (Wildman–Crippen LogP) is 2.05. The fourth-order valence-corrected chi connectivity index (χ4v) is 1.70. The summed E-state index contributed by atoms with van der Waals surface area (Å²) < 4.78 is 0. The van der Waals surface area contributed by atoms with Crippen LogP contribution >= 0.6 is 0 Å². The molecule has 0 aliphatic heterocycles. The van der Waals surface area contributed by atoms with Crippen LogP contribution in [0.25, 0.3) is 10.8 Å². The van der Waals surface area contributed by atoms with Crippen molar-refractivity contribution >= 4 is 22.6 Å². The maximum absolute atomic E-state index is 11.8. The number of hydrogen-bond acceptors (Lipinski definition) is 3. The van der Waals surface area contributed by atoms with E-state index >= 15 is 0 Å². The summed E-state index contributed by atoms with van der Waals surface area (Å²) in [5.41, 5.74) is -1.09. The number of benzene rings is 1. The molecule has 5 heteroatoms. The Morgan fingerprint density at radius 1 is 1.37 bits per heavy atom. The first-order valence-electron chi connectivity index (χ1n) is 5.99. The Kier molecular flexibility index (Phi) is 3.29. The van der Waals surface area contributed by atoms with Crippen LogP contribution in [-0.2, 0) is 4.79 Å². The number of carbonyl (C=O) groups is 1. The molecular formula is C14H16N2O3. The van der Waals surface area contributed by atoms with Gasteiger partial charge in [0.15, 0.2) is 0 Å². The molecule has 0 amide bonds. The second-order valence-electron chi connectivity index (χ2n) is 5.14. The van der Waals surface area contributed by atoms with E-state index in [0.717, 1.165) is 5.39 Å². The number of fused-ring (bicyclic) bond motifs is 1. The van der Waals surface area contributed by atoms with E-state index in [1.54, 1.807) is 32.0 Å². The van der Waals surface area contributed by atoms with Gasteiger partial charge in [-0.2, -0.15) is 0 Å². The van der Waals surface area contributed by atoms with Gasteiger partial charge < -0.3 is 15.4 Å². The van der Waals surface area contributed by atoms with Gasteiger partial charge in [0.25, 0.3) is 5.56 Å². The average Bonchev–Trinajstić information content (AvgIpc) is 2.36. The Labute approximate surface area is 110 Å². The molecule has 19 heavy (non-hydrogen) atoms. The second-order valence-corrected chi connectivity index (χ2v) is 5.14. The van der Waals surface area contributed by atoms with Gasteiger partial charge in [-0.3, -0.25) is 9.59 Å². The highest BCUT2D eigenvalue weighted by atomic mass is 16.4. The molecule has 1 heterocycles. The van der Waals surface area contributed by atoms with Crippen molar-refractivity contribution in [1.82, 2.24) is 4.98 Å². The minimum absolute atomic E-state index is 0.186. The molecule has 1 aromatic carbocycles. The van der Waals surface area contributed by atoms with Crippen molar-refractivity contribution < 1.29 is 9.90 Å². The topological polar surface area (TPSA) is 82.2 Å². The number of aromatic amines is 1. The zero-order valence-corrected chi connectivity index (χ0v) is 10.9. The number of aromatic nitrogens is 1. The van der Waals surface area contributed by atoms with Crippen molar-refractivity contribution in [2.24, 2.45) is 5.41 Å². The summed E-state index contributed by atoms with van der Waals surface area (Å²) in [6.07, 6.45) is 0. The molecule has 5 nitrogen and oxygen atoms in total. The zero-order chi connectivity index (χ0) is 14.0. The van der Waals surface area contributed by atoms with Crippen LogP contribution in [0, 0.1) is 5.41 Å². The van der Waals surface area contributed by atoms with Crippen LogP contribution in [0.2, 0.25) is 0 Å². The van der Waals surface area contributed by atoms with E-state index in [1.807, 2.05) is 12.1 Å². The summed E-state index contributed by atoms with van der Waals surface area (Å²) in [5.74, 6) is -0.360. The number of carboxylic acids is 1. The first kappa shape index (κ1) is 13.1. The Morgan fingerprint density at radius 2 is 2.05 bits per heavy atom. The third-order valence-electron chi connectivity index (χ3n) is 3.05. The van der Waals surface area contributed by atoms with Gasteiger partial charge in [-0.1, -0.05) is 18.2 Å². The highest BCUT2D eigenvalue weighted by Gasteiger charge is 2.26. The number of aliphatic carboxylic acids is 1. The lowest BCUT2D eigenvalue weighted by Crippen LogP contribution is -2.32. The molecule has 2 aromatic rings. The first-order chi connectivity index (χ1) is 8.90. The van der Waals surface area contributed by atoms with Crippen molar-refractivity contribution in [1.29, 1.82) is 0 Å². The molecule has 0 unspecified atom stereocenters. The van der Waals surface area contributed by atoms with Crippen LogP contribution in [0.5, 0.6) is 0 Å². The van der Waals surface area contributed by atoms with Gasteiger partial charge in [0.05, 0.1) is 5.41 Å². The quantitative estimate of drug-likeness (QED) is 0.785. The number of anilines is 1. The van der Waals surface area contributed by atoms with Crippen molar-refractivity contribution in [3.8, 4) is 0 Å². The van der Waals surface area contributed by atoms with Gasteiger partial charge >= 0.3 is 5.97 Å². The van der Waals surface area contributed by atoms with Crippen molar-refractivity contribution in [2.45, 2.75) is 13.8 Å². The summed E-state index contributed by atoms with van der Waals surface area (Å²) >= 11 is 0. The maximum Gasteiger partial charge on any atom is 0.310 e. The number of pyridine rings is 1. The van der Waals surface area contributed by atoms with Crippen molar-refractivity contribution in [3.63, 3.8) is 0 Å². The molecule has 0 fully saturated rings. The highest BCUT2D eigenvalue weighted by molar-refractivity contribution is 5.83. The van der Waals surface area contributed by atoms with Gasteiger partial charge in [-0.25, -0.2) is 0 Å². The van der Waals surface area contributed by atoms with Crippen LogP contribution in [0.1, 0.15) is 13.8 Å². The average molecular weight is 260 g/mol. The lowest BCUT2D eigenvalue weighted by atomic mass is 9.94. The predicted molar refractivity (Wildman–Crippen MR) is 74.5 cm³/mol. The van der Waals surface area contributed by atoms with Gasteiger partial charge in [-0.15, -0.1) is 0 Å². The number of hydrogen-bond donors (Lipinski definition) is 3. The van der Waals surface area contributed by atoms with E-state index < -0.39 is 11.4 Å². The molecule has 0 aliphatic carbocycles. The lowest BCUT2D eigenvalue weighted by molar-refractivity contribution is -0.146. The fourth-order valence-electron chi connectivity index (χ4n) is 1.70. The van der Waals surface area contributed by atoms with Crippen molar-refractivity contribution in [3.05, 3.63) is 40.7 Å². The first-order valence-corrected chi connectivity index (χ1v) is 5.99. The monoisotopic (exact) mass is 260 g/mol. The molecule has 0 bridgehead atoms. The number of rotatable bonds is 4. The third-order valence-corrected chi connectivity index (χ3v) is 3.05. The molecule has 0 aliphatic rings. The molecule has 2 rings (SSSR count). The van der Waals surface area contributed by atoms with Gasteiger partial charge in [0.2, 0.25) is 0 Å². The Bertz CT molecular complexity index is 674. The summed E-state index contributed by atoms with van der Waals surface area (Å²) in [6.45, 7) is 3.49. The van der Waals surface area contributed by atoms with E-state index in [4.69, 9.17) is 5.11 Å². The number of carboxylic acid groups (broad SMARTS) is 1. The van der Waals surface area contributed by atoms with Gasteiger partial charge in [0.1, 0.15) is 5.82 Å².